The van der Waals surface area contributed by atoms with E-state index in [1.807, 2.05) is 4.90 Å². The molecular weight excluding hydrogens is 352 g/mol. The lowest BCUT2D eigenvalue weighted by atomic mass is 10.1. The Morgan fingerprint density at radius 2 is 1.74 bits per heavy atom. The molecule has 0 N–H and O–H groups in total. The second kappa shape index (κ2) is 8.22. The van der Waals surface area contributed by atoms with Crippen LogP contribution in [0.2, 0.25) is 0 Å². The normalized spacial score (nSPS) is 14.6. The molecule has 0 aliphatic carbocycles. The lowest BCUT2D eigenvalue weighted by Crippen LogP contribution is -2.36. The molecule has 0 spiro atoms. The number of piperidine rings is 1. The van der Waals surface area contributed by atoms with E-state index in [2.05, 4.69) is 66.2 Å². The number of hydrogen-bond donors (Lipinski definition) is 0. The van der Waals surface area contributed by atoms with E-state index < -0.39 is 0 Å². The molecule has 0 unspecified atom stereocenters. The maximum atomic E-state index is 12.5. The third-order valence-electron chi connectivity index (χ3n) is 5.41. The van der Waals surface area contributed by atoms with Crippen molar-refractivity contribution in [3.05, 3.63) is 65.9 Å². The van der Waals surface area contributed by atoms with Crippen molar-refractivity contribution in [2.75, 3.05) is 18.8 Å². The number of amides is 1. The maximum Gasteiger partial charge on any atom is 0.232 e. The quantitative estimate of drug-likeness (QED) is 0.577. The second-order valence-corrected chi connectivity index (χ2v) is 8.31. The van der Waals surface area contributed by atoms with Crippen molar-refractivity contribution in [2.45, 2.75) is 37.6 Å². The summed E-state index contributed by atoms with van der Waals surface area (Å²) in [5.74, 6) is 0.800. The van der Waals surface area contributed by atoms with Crippen molar-refractivity contribution in [1.82, 2.24) is 9.47 Å². The van der Waals surface area contributed by atoms with Gasteiger partial charge >= 0.3 is 0 Å². The van der Waals surface area contributed by atoms with Gasteiger partial charge in [-0.25, -0.2) is 0 Å². The number of benzene rings is 2. The van der Waals surface area contributed by atoms with E-state index in [9.17, 15) is 4.79 Å². The Hall–Kier alpha value is -2.20. The number of rotatable bonds is 5. The number of likely N-dealkylation sites (tertiary alicyclic amines) is 1. The number of fused-ring (bicyclic) bond motifs is 1. The fourth-order valence-corrected chi connectivity index (χ4v) is 4.80. The van der Waals surface area contributed by atoms with Crippen LogP contribution in [0.3, 0.4) is 0 Å². The van der Waals surface area contributed by atoms with Gasteiger partial charge in [-0.05, 0) is 43.4 Å². The number of aromatic nitrogens is 1. The standard InChI is InChI=1S/C23H26N2OS/c1-18-9-3-4-10-19(18)15-25-16-22(20-11-5-6-12-21(20)25)27-17-23(26)24-13-7-2-8-14-24/h3-6,9-12,16H,2,7-8,13-15,17H2,1H3. The molecule has 1 aromatic heterocycles. The molecule has 0 saturated carbocycles. The minimum absolute atomic E-state index is 0.274. The molecule has 3 aromatic rings. The topological polar surface area (TPSA) is 25.2 Å². The van der Waals surface area contributed by atoms with E-state index >= 15 is 0 Å². The van der Waals surface area contributed by atoms with E-state index in [1.165, 1.54) is 33.3 Å². The van der Waals surface area contributed by atoms with Gasteiger partial charge < -0.3 is 9.47 Å². The summed E-state index contributed by atoms with van der Waals surface area (Å²) < 4.78 is 2.31. The third-order valence-corrected chi connectivity index (χ3v) is 6.44. The lowest BCUT2D eigenvalue weighted by Gasteiger charge is -2.26. The third kappa shape index (κ3) is 4.06. The zero-order valence-corrected chi connectivity index (χ0v) is 16.7. The summed E-state index contributed by atoms with van der Waals surface area (Å²) in [4.78, 5) is 15.8. The molecule has 1 fully saturated rings. The minimum atomic E-state index is 0.274. The molecule has 1 aliphatic rings. The van der Waals surface area contributed by atoms with Crippen LogP contribution in [0.4, 0.5) is 0 Å². The molecule has 2 heterocycles. The number of para-hydroxylation sites is 1. The highest BCUT2D eigenvalue weighted by Gasteiger charge is 2.18. The van der Waals surface area contributed by atoms with Crippen LogP contribution in [0.1, 0.15) is 30.4 Å². The number of carbonyl (C=O) groups is 1. The first-order chi connectivity index (χ1) is 13.2. The summed E-state index contributed by atoms with van der Waals surface area (Å²) in [6, 6.07) is 17.0. The Bertz CT molecular complexity index is 940. The SMILES string of the molecule is Cc1ccccc1Cn1cc(SCC(=O)N2CCCCC2)c2ccccc21. The molecule has 140 valence electrons. The molecule has 0 atom stereocenters. The monoisotopic (exact) mass is 378 g/mol. The van der Waals surface area contributed by atoms with E-state index in [4.69, 9.17) is 0 Å². The van der Waals surface area contributed by atoms with Crippen molar-refractivity contribution in [1.29, 1.82) is 0 Å². The fourth-order valence-electron chi connectivity index (χ4n) is 3.80. The molecule has 1 amide bonds. The minimum Gasteiger partial charge on any atom is -0.342 e. The molecule has 4 heteroatoms. The molecule has 1 saturated heterocycles. The Labute approximate surface area is 165 Å². The van der Waals surface area contributed by atoms with Gasteiger partial charge in [0, 0.05) is 41.6 Å². The predicted octanol–water partition coefficient (Wildman–Crippen LogP) is 5.10. The van der Waals surface area contributed by atoms with Gasteiger partial charge in [0.05, 0.1) is 5.75 Å². The lowest BCUT2D eigenvalue weighted by molar-refractivity contribution is -0.129. The molecule has 27 heavy (non-hydrogen) atoms. The summed E-state index contributed by atoms with van der Waals surface area (Å²) in [5, 5.41) is 1.24. The summed E-state index contributed by atoms with van der Waals surface area (Å²) in [6.07, 6.45) is 5.76. The van der Waals surface area contributed by atoms with Gasteiger partial charge in [0.15, 0.2) is 0 Å². The van der Waals surface area contributed by atoms with Crippen LogP contribution in [0.15, 0.2) is 59.6 Å². The van der Waals surface area contributed by atoms with Crippen LogP contribution in [-0.4, -0.2) is 34.2 Å². The summed E-state index contributed by atoms with van der Waals surface area (Å²) in [5.41, 5.74) is 3.87. The van der Waals surface area contributed by atoms with Crippen LogP contribution in [0.25, 0.3) is 10.9 Å². The van der Waals surface area contributed by atoms with Crippen LogP contribution < -0.4 is 0 Å². The van der Waals surface area contributed by atoms with E-state index in [1.54, 1.807) is 11.8 Å². The molecule has 0 radical (unpaired) electrons. The first-order valence-electron chi connectivity index (χ1n) is 9.75. The maximum absolute atomic E-state index is 12.5. The van der Waals surface area contributed by atoms with Crippen LogP contribution in [0.5, 0.6) is 0 Å². The molecular formula is C23H26N2OS. The van der Waals surface area contributed by atoms with E-state index in [0.29, 0.717) is 5.75 Å². The first kappa shape index (κ1) is 18.2. The average molecular weight is 379 g/mol. The van der Waals surface area contributed by atoms with Gasteiger partial charge in [0.25, 0.3) is 0 Å². The average Bonchev–Trinajstić information content (AvgIpc) is 3.06. The number of aryl methyl sites for hydroxylation is 1. The van der Waals surface area contributed by atoms with Gasteiger partial charge in [-0.2, -0.15) is 0 Å². The van der Waals surface area contributed by atoms with Gasteiger partial charge in [-0.1, -0.05) is 42.5 Å². The highest BCUT2D eigenvalue weighted by atomic mass is 32.2. The van der Waals surface area contributed by atoms with Gasteiger partial charge in [0.1, 0.15) is 0 Å². The molecule has 1 aliphatic heterocycles. The fraction of sp³-hybridized carbons (Fsp3) is 0.348. The van der Waals surface area contributed by atoms with E-state index in [-0.39, 0.29) is 5.91 Å². The Morgan fingerprint density at radius 3 is 2.56 bits per heavy atom. The number of hydrogen-bond acceptors (Lipinski definition) is 2. The number of thioether (sulfide) groups is 1. The van der Waals surface area contributed by atoms with Crippen molar-refractivity contribution >= 4 is 28.6 Å². The summed E-state index contributed by atoms with van der Waals surface area (Å²) in [6.45, 7) is 4.87. The van der Waals surface area contributed by atoms with Gasteiger partial charge in [0.2, 0.25) is 5.91 Å². The van der Waals surface area contributed by atoms with Crippen LogP contribution in [-0.2, 0) is 11.3 Å². The van der Waals surface area contributed by atoms with Crippen LogP contribution >= 0.6 is 11.8 Å². The zero-order chi connectivity index (χ0) is 18.6. The number of carbonyl (C=O) groups excluding carboxylic acids is 1. The molecule has 3 nitrogen and oxygen atoms in total. The van der Waals surface area contributed by atoms with Gasteiger partial charge in [-0.3, -0.25) is 4.79 Å². The largest absolute Gasteiger partial charge is 0.342 e. The molecule has 4 rings (SSSR count). The zero-order valence-electron chi connectivity index (χ0n) is 15.9. The van der Waals surface area contributed by atoms with Crippen molar-refractivity contribution in [3.63, 3.8) is 0 Å². The highest BCUT2D eigenvalue weighted by Crippen LogP contribution is 2.31. The molecule has 2 aromatic carbocycles. The van der Waals surface area contributed by atoms with Crippen LogP contribution in [0, 0.1) is 6.92 Å². The Kier molecular flexibility index (Phi) is 5.53. The van der Waals surface area contributed by atoms with Crippen molar-refractivity contribution < 1.29 is 4.79 Å². The van der Waals surface area contributed by atoms with Crippen molar-refractivity contribution in [3.8, 4) is 0 Å². The Morgan fingerprint density at radius 1 is 1.00 bits per heavy atom. The van der Waals surface area contributed by atoms with Gasteiger partial charge in [-0.15, -0.1) is 11.8 Å². The molecule has 0 bridgehead atoms. The summed E-state index contributed by atoms with van der Waals surface area (Å²) in [7, 11) is 0. The second-order valence-electron chi connectivity index (χ2n) is 7.30. The highest BCUT2D eigenvalue weighted by molar-refractivity contribution is 8.00. The summed E-state index contributed by atoms with van der Waals surface area (Å²) >= 11 is 1.68. The number of nitrogens with zero attached hydrogens (tertiary/aromatic N) is 2. The predicted molar refractivity (Wildman–Crippen MR) is 113 cm³/mol. The van der Waals surface area contributed by atoms with Crippen molar-refractivity contribution in [2.24, 2.45) is 0 Å². The Balaban J connectivity index is 1.54. The van der Waals surface area contributed by atoms with E-state index in [0.717, 1.165) is 32.5 Å². The first-order valence-corrected chi connectivity index (χ1v) is 10.7. The smallest absolute Gasteiger partial charge is 0.232 e.